The van der Waals surface area contributed by atoms with Crippen LogP contribution in [0.5, 0.6) is 0 Å². The van der Waals surface area contributed by atoms with Crippen LogP contribution in [0.4, 0.5) is 0 Å². The van der Waals surface area contributed by atoms with Crippen LogP contribution >= 0.6 is 0 Å². The van der Waals surface area contributed by atoms with Gasteiger partial charge in [-0.2, -0.15) is 0 Å². The summed E-state index contributed by atoms with van der Waals surface area (Å²) in [4.78, 5) is 22.7. The molecule has 0 bridgehead atoms. The molecule has 0 fully saturated rings. The van der Waals surface area contributed by atoms with E-state index in [0.717, 1.165) is 6.42 Å². The van der Waals surface area contributed by atoms with Crippen LogP contribution in [0.3, 0.4) is 0 Å². The van der Waals surface area contributed by atoms with Gasteiger partial charge in [-0.15, -0.1) is 0 Å². The average Bonchev–Trinajstić information content (AvgIpc) is 2.36. The summed E-state index contributed by atoms with van der Waals surface area (Å²) in [6, 6.07) is 7.30. The molecular formula is C13H17NO3. The van der Waals surface area contributed by atoms with E-state index in [1.165, 1.54) is 5.56 Å². The fourth-order valence-corrected chi connectivity index (χ4v) is 1.36. The zero-order valence-corrected chi connectivity index (χ0v) is 10.2. The molecule has 1 amide bonds. The Labute approximate surface area is 101 Å². The first-order valence-corrected chi connectivity index (χ1v) is 5.70. The van der Waals surface area contributed by atoms with Crippen molar-refractivity contribution < 1.29 is 14.3 Å². The third-order valence-electron chi connectivity index (χ3n) is 2.32. The van der Waals surface area contributed by atoms with E-state index >= 15 is 0 Å². The Kier molecular flexibility index (Phi) is 5.20. The van der Waals surface area contributed by atoms with Crippen molar-refractivity contribution >= 4 is 11.9 Å². The van der Waals surface area contributed by atoms with Crippen molar-refractivity contribution in [3.8, 4) is 0 Å². The number of carbonyl (C=O) groups excluding carboxylic acids is 2. The van der Waals surface area contributed by atoms with Crippen molar-refractivity contribution in [3.63, 3.8) is 0 Å². The standard InChI is InChI=1S/C13H17NO3/c1-3-10-5-7-11(8-6-10)13(16)14-9-12(15)17-4-2/h5-8H,3-4,9H2,1-2H3,(H,14,16). The Morgan fingerprint density at radius 1 is 1.18 bits per heavy atom. The summed E-state index contributed by atoms with van der Waals surface area (Å²) in [5, 5.41) is 2.51. The molecule has 4 heteroatoms. The Morgan fingerprint density at radius 2 is 1.82 bits per heavy atom. The molecule has 0 saturated heterocycles. The second-order valence-electron chi connectivity index (χ2n) is 3.54. The van der Waals surface area contributed by atoms with E-state index in [9.17, 15) is 9.59 Å². The van der Waals surface area contributed by atoms with Gasteiger partial charge in [0.15, 0.2) is 0 Å². The van der Waals surface area contributed by atoms with Crippen LogP contribution in [0.1, 0.15) is 29.8 Å². The summed E-state index contributed by atoms with van der Waals surface area (Å²) in [5.74, 6) is -0.688. The third kappa shape index (κ3) is 4.26. The first-order chi connectivity index (χ1) is 8.17. The predicted octanol–water partition coefficient (Wildman–Crippen LogP) is 1.54. The normalized spacial score (nSPS) is 9.76. The zero-order chi connectivity index (χ0) is 12.7. The fourth-order valence-electron chi connectivity index (χ4n) is 1.36. The Morgan fingerprint density at radius 3 is 2.35 bits per heavy atom. The Balaban J connectivity index is 2.49. The van der Waals surface area contributed by atoms with E-state index in [4.69, 9.17) is 4.74 Å². The van der Waals surface area contributed by atoms with Crippen LogP contribution in [0.15, 0.2) is 24.3 Å². The highest BCUT2D eigenvalue weighted by atomic mass is 16.5. The maximum Gasteiger partial charge on any atom is 0.325 e. The van der Waals surface area contributed by atoms with Crippen LogP contribution in [0.25, 0.3) is 0 Å². The van der Waals surface area contributed by atoms with E-state index < -0.39 is 5.97 Å². The van der Waals surface area contributed by atoms with Gasteiger partial charge in [-0.1, -0.05) is 19.1 Å². The molecule has 1 aromatic carbocycles. The molecule has 0 atom stereocenters. The number of amides is 1. The van der Waals surface area contributed by atoms with Crippen molar-refractivity contribution in [2.24, 2.45) is 0 Å². The number of esters is 1. The van der Waals surface area contributed by atoms with Crippen molar-refractivity contribution in [2.45, 2.75) is 20.3 Å². The fraction of sp³-hybridized carbons (Fsp3) is 0.385. The minimum atomic E-state index is -0.425. The van der Waals surface area contributed by atoms with Crippen LogP contribution in [0.2, 0.25) is 0 Å². The SMILES string of the molecule is CCOC(=O)CNC(=O)c1ccc(CC)cc1. The van der Waals surface area contributed by atoms with Gasteiger partial charge in [0.05, 0.1) is 6.61 Å². The molecule has 1 rings (SSSR count). The topological polar surface area (TPSA) is 55.4 Å². The van der Waals surface area contributed by atoms with E-state index in [2.05, 4.69) is 12.2 Å². The van der Waals surface area contributed by atoms with Gasteiger partial charge < -0.3 is 10.1 Å². The summed E-state index contributed by atoms with van der Waals surface area (Å²) in [6.07, 6.45) is 0.935. The highest BCUT2D eigenvalue weighted by Gasteiger charge is 2.07. The molecule has 0 spiro atoms. The molecule has 0 aliphatic heterocycles. The minimum absolute atomic E-state index is 0.0950. The van der Waals surface area contributed by atoms with E-state index in [1.807, 2.05) is 12.1 Å². The first-order valence-electron chi connectivity index (χ1n) is 5.70. The number of benzene rings is 1. The summed E-state index contributed by atoms with van der Waals surface area (Å²) in [6.45, 7) is 4.00. The summed E-state index contributed by atoms with van der Waals surface area (Å²) < 4.78 is 4.71. The molecule has 4 nitrogen and oxygen atoms in total. The number of carbonyl (C=O) groups is 2. The van der Waals surface area contributed by atoms with Gasteiger partial charge in [0.1, 0.15) is 6.54 Å². The second kappa shape index (κ2) is 6.68. The molecule has 0 aromatic heterocycles. The van der Waals surface area contributed by atoms with Crippen molar-refractivity contribution in [3.05, 3.63) is 35.4 Å². The number of nitrogens with one attached hydrogen (secondary N) is 1. The molecule has 0 radical (unpaired) electrons. The van der Waals surface area contributed by atoms with Gasteiger partial charge in [0.25, 0.3) is 5.91 Å². The number of ether oxygens (including phenoxy) is 1. The first kappa shape index (κ1) is 13.2. The summed E-state index contributed by atoms with van der Waals surface area (Å²) in [7, 11) is 0. The van der Waals surface area contributed by atoms with Gasteiger partial charge in [0.2, 0.25) is 0 Å². The molecule has 0 saturated carbocycles. The monoisotopic (exact) mass is 235 g/mol. The summed E-state index contributed by atoms with van der Waals surface area (Å²) in [5.41, 5.74) is 1.72. The molecular weight excluding hydrogens is 218 g/mol. The van der Waals surface area contributed by atoms with Gasteiger partial charge in [-0.25, -0.2) is 0 Å². The lowest BCUT2D eigenvalue weighted by molar-refractivity contribution is -0.141. The Bertz CT molecular complexity index is 384. The second-order valence-corrected chi connectivity index (χ2v) is 3.54. The molecule has 17 heavy (non-hydrogen) atoms. The maximum absolute atomic E-state index is 11.6. The molecule has 0 aliphatic rings. The maximum atomic E-state index is 11.6. The average molecular weight is 235 g/mol. The molecule has 0 heterocycles. The molecule has 0 unspecified atom stereocenters. The van der Waals surface area contributed by atoms with E-state index in [-0.39, 0.29) is 12.5 Å². The van der Waals surface area contributed by atoms with Gasteiger partial charge in [-0.3, -0.25) is 9.59 Å². The summed E-state index contributed by atoms with van der Waals surface area (Å²) >= 11 is 0. The zero-order valence-electron chi connectivity index (χ0n) is 10.2. The molecule has 0 aliphatic carbocycles. The number of aryl methyl sites for hydroxylation is 1. The number of hydrogen-bond acceptors (Lipinski definition) is 3. The van der Waals surface area contributed by atoms with Crippen molar-refractivity contribution in [1.82, 2.24) is 5.32 Å². The number of hydrogen-bond donors (Lipinski definition) is 1. The minimum Gasteiger partial charge on any atom is -0.465 e. The van der Waals surface area contributed by atoms with Crippen molar-refractivity contribution in [2.75, 3.05) is 13.2 Å². The lowest BCUT2D eigenvalue weighted by Gasteiger charge is -2.05. The number of rotatable bonds is 5. The van der Waals surface area contributed by atoms with Gasteiger partial charge in [0, 0.05) is 5.56 Å². The largest absolute Gasteiger partial charge is 0.465 e. The Hall–Kier alpha value is -1.84. The molecule has 1 N–H and O–H groups in total. The van der Waals surface area contributed by atoms with Crippen LogP contribution in [0, 0.1) is 0 Å². The molecule has 1 aromatic rings. The lowest BCUT2D eigenvalue weighted by atomic mass is 10.1. The quantitative estimate of drug-likeness (QED) is 0.788. The van der Waals surface area contributed by atoms with E-state index in [1.54, 1.807) is 19.1 Å². The van der Waals surface area contributed by atoms with Gasteiger partial charge in [-0.05, 0) is 31.0 Å². The van der Waals surface area contributed by atoms with Crippen LogP contribution in [-0.2, 0) is 16.0 Å². The van der Waals surface area contributed by atoms with Crippen LogP contribution < -0.4 is 5.32 Å². The van der Waals surface area contributed by atoms with Crippen molar-refractivity contribution in [1.29, 1.82) is 0 Å². The molecule has 92 valence electrons. The highest BCUT2D eigenvalue weighted by Crippen LogP contribution is 2.04. The van der Waals surface area contributed by atoms with Crippen LogP contribution in [-0.4, -0.2) is 25.0 Å². The van der Waals surface area contributed by atoms with E-state index in [0.29, 0.717) is 12.2 Å². The van der Waals surface area contributed by atoms with Gasteiger partial charge >= 0.3 is 5.97 Å². The lowest BCUT2D eigenvalue weighted by Crippen LogP contribution is -2.30. The smallest absolute Gasteiger partial charge is 0.325 e. The predicted molar refractivity (Wildman–Crippen MR) is 64.8 cm³/mol. The highest BCUT2D eigenvalue weighted by molar-refractivity contribution is 5.95. The third-order valence-corrected chi connectivity index (χ3v) is 2.32.